The summed E-state index contributed by atoms with van der Waals surface area (Å²) in [6.07, 6.45) is 14.9. The van der Waals surface area contributed by atoms with Crippen LogP contribution in [0.2, 0.25) is 6.32 Å². The minimum atomic E-state index is 0.0336. The zero-order valence-electron chi connectivity index (χ0n) is 31.5. The molecule has 1 aliphatic heterocycles. The van der Waals surface area contributed by atoms with E-state index in [9.17, 15) is 0 Å². The number of anilines is 3. The van der Waals surface area contributed by atoms with Gasteiger partial charge in [0.25, 0.3) is 0 Å². The van der Waals surface area contributed by atoms with Crippen molar-refractivity contribution in [2.45, 2.75) is 71.0 Å². The molecule has 4 aliphatic rings. The second kappa shape index (κ2) is 13.6. The van der Waals surface area contributed by atoms with Crippen molar-refractivity contribution in [1.82, 2.24) is 0 Å². The van der Waals surface area contributed by atoms with E-state index in [1.54, 1.807) is 5.57 Å². The first-order valence-electron chi connectivity index (χ1n) is 19.6. The summed E-state index contributed by atoms with van der Waals surface area (Å²) in [7, 11) is 2.45. The molecule has 259 valence electrons. The van der Waals surface area contributed by atoms with Gasteiger partial charge in [0.1, 0.15) is 0 Å². The van der Waals surface area contributed by atoms with Crippen molar-refractivity contribution >= 4 is 40.7 Å². The summed E-state index contributed by atoms with van der Waals surface area (Å²) in [6.45, 7) is 9.36. The highest BCUT2D eigenvalue weighted by atomic mass is 15.1. The summed E-state index contributed by atoms with van der Waals surface area (Å²) in [5, 5.41) is 2.52. The number of para-hydroxylation sites is 1. The van der Waals surface area contributed by atoms with E-state index >= 15 is 0 Å². The third kappa shape index (κ3) is 6.21. The van der Waals surface area contributed by atoms with E-state index < -0.39 is 0 Å². The number of hydrogen-bond donors (Lipinski definition) is 0. The van der Waals surface area contributed by atoms with Crippen LogP contribution in [0.4, 0.5) is 17.1 Å². The van der Waals surface area contributed by atoms with Gasteiger partial charge in [-0.25, -0.2) is 0 Å². The van der Waals surface area contributed by atoms with Crippen molar-refractivity contribution in [3.8, 4) is 23.0 Å². The van der Waals surface area contributed by atoms with Gasteiger partial charge in [0, 0.05) is 40.7 Å². The number of nitrogens with zero attached hydrogens (tertiary/aromatic N) is 1. The Hall–Kier alpha value is -5.26. The second-order valence-electron chi connectivity index (χ2n) is 16.2. The number of hydrogen-bond acceptors (Lipinski definition) is 1. The highest BCUT2D eigenvalue weighted by Crippen LogP contribution is 2.51. The van der Waals surface area contributed by atoms with Gasteiger partial charge in [-0.2, -0.15) is 0 Å². The van der Waals surface area contributed by atoms with Crippen molar-refractivity contribution in [3.63, 3.8) is 0 Å². The summed E-state index contributed by atoms with van der Waals surface area (Å²) < 4.78 is 0. The topological polar surface area (TPSA) is 3.24 Å². The van der Waals surface area contributed by atoms with Crippen molar-refractivity contribution in [1.29, 1.82) is 0 Å². The molecule has 0 bridgehead atoms. The van der Waals surface area contributed by atoms with Crippen LogP contribution in [0.5, 0.6) is 0 Å². The van der Waals surface area contributed by atoms with Crippen LogP contribution in [0.25, 0.3) is 27.5 Å². The quantitative estimate of drug-likeness (QED) is 0.132. The molecule has 3 atom stereocenters. The molecule has 3 aliphatic carbocycles. The number of benzene rings is 5. The Morgan fingerprint density at radius 1 is 0.755 bits per heavy atom. The summed E-state index contributed by atoms with van der Waals surface area (Å²) in [6, 6.07) is 41.0. The Morgan fingerprint density at radius 2 is 1.51 bits per heavy atom. The van der Waals surface area contributed by atoms with Crippen LogP contribution in [-0.2, 0) is 5.41 Å². The van der Waals surface area contributed by atoms with E-state index in [1.165, 1.54) is 55.2 Å². The molecule has 0 spiro atoms. The summed E-state index contributed by atoms with van der Waals surface area (Å²) in [4.78, 5) is 2.38. The lowest BCUT2D eigenvalue weighted by Crippen LogP contribution is -2.16. The molecular weight excluding hydrogens is 637 g/mol. The van der Waals surface area contributed by atoms with Crippen LogP contribution in [0, 0.1) is 23.7 Å². The Balaban J connectivity index is 1.00. The normalized spacial score (nSPS) is 21.4. The monoisotopic (exact) mass is 684 g/mol. The Bertz CT molecular complexity index is 2410. The largest absolute Gasteiger partial charge is 0.310 e. The minimum Gasteiger partial charge on any atom is -0.310 e. The van der Waals surface area contributed by atoms with Gasteiger partial charge in [0.2, 0.25) is 0 Å². The molecule has 0 saturated carbocycles. The van der Waals surface area contributed by atoms with Crippen LogP contribution in [0.3, 0.4) is 0 Å². The Morgan fingerprint density at radius 3 is 2.36 bits per heavy atom. The number of fused-ring (bicyclic) bond motifs is 3. The molecule has 0 fully saturated rings. The maximum Gasteiger partial charge on any atom is 0.151 e. The first-order chi connectivity index (χ1) is 25.8. The van der Waals surface area contributed by atoms with Gasteiger partial charge in [-0.05, 0) is 124 Å². The fourth-order valence-electron chi connectivity index (χ4n) is 9.12. The summed E-state index contributed by atoms with van der Waals surface area (Å²) >= 11 is 0. The fraction of sp³-hybridized carbons (Fsp3) is 0.255. The maximum atomic E-state index is 3.56. The third-order valence-corrected chi connectivity index (χ3v) is 12.2. The molecule has 0 aromatic heterocycles. The Labute approximate surface area is 317 Å². The lowest BCUT2D eigenvalue weighted by atomic mass is 9.58. The molecule has 5 aromatic rings. The zero-order chi connectivity index (χ0) is 36.1. The highest BCUT2D eigenvalue weighted by molar-refractivity contribution is 6.46. The molecule has 1 nitrogen and oxygen atoms in total. The molecule has 1 heterocycles. The SMILES string of the molecule is CC1C[B]C2=C(C[C@@H](c3ccc4cc(N(c5ccccc5)c5ccc(-c6ccc7c(c6)C(C)(C)C6=C7CCC=C6)cc5)ccc4c3)C=C2)[C@@H](C)C#CC1. The lowest BCUT2D eigenvalue weighted by Gasteiger charge is -2.27. The smallest absolute Gasteiger partial charge is 0.151 e. The van der Waals surface area contributed by atoms with Crippen LogP contribution in [-0.4, -0.2) is 7.28 Å². The fourth-order valence-corrected chi connectivity index (χ4v) is 9.12. The van der Waals surface area contributed by atoms with Gasteiger partial charge in [0.15, 0.2) is 7.28 Å². The lowest BCUT2D eigenvalue weighted by molar-refractivity contribution is 0.651. The molecule has 0 amide bonds. The van der Waals surface area contributed by atoms with Crippen molar-refractivity contribution < 1.29 is 0 Å². The molecule has 2 heteroatoms. The predicted molar refractivity (Wildman–Crippen MR) is 227 cm³/mol. The van der Waals surface area contributed by atoms with Crippen LogP contribution < -0.4 is 4.90 Å². The van der Waals surface area contributed by atoms with Gasteiger partial charge in [0.05, 0.1) is 0 Å². The summed E-state index contributed by atoms with van der Waals surface area (Å²) in [5.74, 6) is 8.30. The van der Waals surface area contributed by atoms with Gasteiger partial charge in [-0.3, -0.25) is 0 Å². The molecular formula is C51H47BN. The standard InChI is InChI=1S/C51H47BN/c1-34-11-10-12-35(2)47-31-40(23-28-50(47)52-33-34)37-17-18-39-30-44(26-21-38(39)29-37)53(42-13-6-5-7-14-42)43-24-19-36(20-25-43)41-22-27-46-45-15-8-9-16-48(45)51(3,4)49(46)32-41/h5-7,9,13-14,16-30,32,34-35,40H,8,11,15,31,33H2,1-4H3/t34?,35-,40-/m0/s1. The first kappa shape index (κ1) is 33.6. The minimum absolute atomic E-state index is 0.0336. The predicted octanol–water partition coefficient (Wildman–Crippen LogP) is 13.5. The van der Waals surface area contributed by atoms with Gasteiger partial charge >= 0.3 is 0 Å². The van der Waals surface area contributed by atoms with Crippen LogP contribution in [0.1, 0.15) is 76.0 Å². The molecule has 1 unspecified atom stereocenters. The van der Waals surface area contributed by atoms with Crippen LogP contribution in [0.15, 0.2) is 150 Å². The first-order valence-corrected chi connectivity index (χ1v) is 19.6. The van der Waals surface area contributed by atoms with E-state index in [-0.39, 0.29) is 5.41 Å². The van der Waals surface area contributed by atoms with Gasteiger partial charge in [-0.1, -0.05) is 135 Å². The van der Waals surface area contributed by atoms with Gasteiger partial charge < -0.3 is 4.90 Å². The molecule has 1 radical (unpaired) electrons. The van der Waals surface area contributed by atoms with E-state index in [0.717, 1.165) is 49.1 Å². The van der Waals surface area contributed by atoms with Crippen molar-refractivity contribution in [3.05, 3.63) is 167 Å². The number of allylic oxidation sites excluding steroid dienone is 8. The van der Waals surface area contributed by atoms with E-state index in [2.05, 4.69) is 185 Å². The number of rotatable bonds is 5. The Kier molecular flexibility index (Phi) is 8.63. The second-order valence-corrected chi connectivity index (χ2v) is 16.2. The molecule has 0 saturated heterocycles. The van der Waals surface area contributed by atoms with Crippen LogP contribution >= 0.6 is 0 Å². The van der Waals surface area contributed by atoms with Crippen molar-refractivity contribution in [2.24, 2.45) is 11.8 Å². The zero-order valence-corrected chi connectivity index (χ0v) is 31.5. The van der Waals surface area contributed by atoms with Crippen molar-refractivity contribution in [2.75, 3.05) is 4.90 Å². The maximum absolute atomic E-state index is 3.56. The molecule has 0 N–H and O–H groups in total. The average Bonchev–Trinajstić information content (AvgIpc) is 3.46. The molecule has 5 aromatic carbocycles. The van der Waals surface area contributed by atoms with E-state index in [0.29, 0.717) is 17.8 Å². The molecule has 53 heavy (non-hydrogen) atoms. The van der Waals surface area contributed by atoms with E-state index in [4.69, 9.17) is 0 Å². The molecule has 9 rings (SSSR count). The average molecular weight is 685 g/mol. The third-order valence-electron chi connectivity index (χ3n) is 12.2. The van der Waals surface area contributed by atoms with Gasteiger partial charge in [-0.15, -0.1) is 5.92 Å². The highest BCUT2D eigenvalue weighted by Gasteiger charge is 2.37. The van der Waals surface area contributed by atoms with E-state index in [1.807, 2.05) is 0 Å². The summed E-state index contributed by atoms with van der Waals surface area (Å²) in [5.41, 5.74) is 16.2.